The summed E-state index contributed by atoms with van der Waals surface area (Å²) in [4.78, 5) is 16.6. The van der Waals surface area contributed by atoms with Crippen LogP contribution in [0.25, 0.3) is 11.0 Å². The molecule has 1 amide bonds. The van der Waals surface area contributed by atoms with Crippen LogP contribution in [0.5, 0.6) is 0 Å². The molecule has 1 aromatic heterocycles. The molecule has 0 atom stereocenters. The fourth-order valence-corrected chi connectivity index (χ4v) is 1.97. The van der Waals surface area contributed by atoms with E-state index in [9.17, 15) is 18.0 Å². The van der Waals surface area contributed by atoms with E-state index in [0.717, 1.165) is 6.07 Å². The number of fused-ring (bicyclic) bond motifs is 1. The molecule has 9 heteroatoms. The molecule has 0 saturated heterocycles. The number of nitrogens with zero attached hydrogens (tertiary/aromatic N) is 1. The predicted octanol–water partition coefficient (Wildman–Crippen LogP) is 3.43. The number of aromatic nitrogens is 2. The van der Waals surface area contributed by atoms with Crippen molar-refractivity contribution in [1.29, 1.82) is 0 Å². The number of aromatic amines is 1. The monoisotopic (exact) mass is 323 g/mol. The topological polar surface area (TPSA) is 78.0 Å². The molecule has 0 fully saturated rings. The molecule has 0 aliphatic rings. The van der Waals surface area contributed by atoms with Gasteiger partial charge in [-0.05, 0) is 12.1 Å². The van der Waals surface area contributed by atoms with Crippen molar-refractivity contribution < 1.29 is 23.1 Å². The lowest BCUT2D eigenvalue weighted by atomic mass is 10.2. The van der Waals surface area contributed by atoms with Gasteiger partial charge in [-0.1, -0.05) is 15.9 Å². The number of carboxylic acid groups (broad SMARTS) is 1. The van der Waals surface area contributed by atoms with Crippen molar-refractivity contribution in [3.05, 3.63) is 22.2 Å². The number of rotatable bonds is 1. The van der Waals surface area contributed by atoms with Gasteiger partial charge in [0.25, 0.3) is 0 Å². The molecule has 0 spiro atoms. The first-order valence-electron chi connectivity index (χ1n) is 4.54. The zero-order chi connectivity index (χ0) is 13.5. The minimum Gasteiger partial charge on any atom is -0.465 e. The molecular weight excluding hydrogens is 319 g/mol. The van der Waals surface area contributed by atoms with Crippen LogP contribution in [-0.4, -0.2) is 21.2 Å². The molecule has 0 bridgehead atoms. The molecule has 0 radical (unpaired) electrons. The Bertz CT molecular complexity index is 623. The number of carbonyl (C=O) groups is 1. The van der Waals surface area contributed by atoms with Crippen molar-refractivity contribution >= 4 is 39.0 Å². The highest BCUT2D eigenvalue weighted by atomic mass is 79.9. The molecule has 3 N–H and O–H groups in total. The van der Waals surface area contributed by atoms with Gasteiger partial charge in [-0.25, -0.2) is 9.78 Å². The highest BCUT2D eigenvalue weighted by molar-refractivity contribution is 9.10. The van der Waals surface area contributed by atoms with Crippen molar-refractivity contribution in [2.75, 3.05) is 5.32 Å². The number of benzene rings is 1. The number of nitrogens with one attached hydrogen (secondary N) is 2. The van der Waals surface area contributed by atoms with Crippen LogP contribution in [0.1, 0.15) is 5.56 Å². The van der Waals surface area contributed by atoms with E-state index in [4.69, 9.17) is 5.11 Å². The summed E-state index contributed by atoms with van der Waals surface area (Å²) in [7, 11) is 0. The number of hydrogen-bond donors (Lipinski definition) is 3. The molecule has 5 nitrogen and oxygen atoms in total. The molecule has 96 valence electrons. The first-order chi connectivity index (χ1) is 8.27. The largest absolute Gasteiger partial charge is 0.465 e. The quantitative estimate of drug-likeness (QED) is 0.752. The second-order valence-corrected chi connectivity index (χ2v) is 4.22. The number of amides is 1. The van der Waals surface area contributed by atoms with E-state index in [-0.39, 0.29) is 21.5 Å². The highest BCUT2D eigenvalue weighted by Crippen LogP contribution is 2.36. The van der Waals surface area contributed by atoms with Gasteiger partial charge in [0.05, 0.1) is 16.6 Å². The third-order valence-electron chi connectivity index (χ3n) is 2.10. The average Bonchev–Trinajstić information content (AvgIpc) is 2.54. The van der Waals surface area contributed by atoms with E-state index < -0.39 is 17.8 Å². The molecule has 18 heavy (non-hydrogen) atoms. The zero-order valence-electron chi connectivity index (χ0n) is 8.47. The number of halogens is 4. The van der Waals surface area contributed by atoms with Crippen LogP contribution in [0.15, 0.2) is 16.6 Å². The van der Waals surface area contributed by atoms with E-state index in [1.165, 1.54) is 6.07 Å². The second-order valence-electron chi connectivity index (χ2n) is 3.36. The van der Waals surface area contributed by atoms with Crippen LogP contribution in [0, 0.1) is 0 Å². The summed E-state index contributed by atoms with van der Waals surface area (Å²) in [5.41, 5.74) is -0.548. The number of anilines is 1. The van der Waals surface area contributed by atoms with Gasteiger partial charge in [-0.2, -0.15) is 13.2 Å². The maximum Gasteiger partial charge on any atom is 0.417 e. The predicted molar refractivity (Wildman–Crippen MR) is 60.4 cm³/mol. The van der Waals surface area contributed by atoms with Crippen molar-refractivity contribution in [3.63, 3.8) is 0 Å². The Morgan fingerprint density at radius 1 is 1.44 bits per heavy atom. The SMILES string of the molecule is O=C(O)Nc1nc2cc(Br)c(C(F)(F)F)cc2[nH]1. The third-order valence-corrected chi connectivity index (χ3v) is 2.76. The summed E-state index contributed by atoms with van der Waals surface area (Å²) in [5.74, 6) is -0.135. The van der Waals surface area contributed by atoms with E-state index in [1.807, 2.05) is 5.32 Å². The average molecular weight is 324 g/mol. The summed E-state index contributed by atoms with van der Waals surface area (Å²) in [6, 6.07) is 2.03. The lowest BCUT2D eigenvalue weighted by Gasteiger charge is -2.08. The highest BCUT2D eigenvalue weighted by Gasteiger charge is 2.33. The normalized spacial score (nSPS) is 11.8. The smallest absolute Gasteiger partial charge is 0.417 e. The summed E-state index contributed by atoms with van der Waals surface area (Å²) in [6.45, 7) is 0. The Hall–Kier alpha value is -1.77. The first-order valence-corrected chi connectivity index (χ1v) is 5.33. The first kappa shape index (κ1) is 12.7. The maximum atomic E-state index is 12.6. The molecule has 2 aromatic rings. The number of hydrogen-bond acceptors (Lipinski definition) is 2. The van der Waals surface area contributed by atoms with Crippen LogP contribution >= 0.6 is 15.9 Å². The lowest BCUT2D eigenvalue weighted by Crippen LogP contribution is -2.08. The van der Waals surface area contributed by atoms with Crippen molar-refractivity contribution in [2.45, 2.75) is 6.18 Å². The molecule has 0 unspecified atom stereocenters. The van der Waals surface area contributed by atoms with Crippen LogP contribution < -0.4 is 5.32 Å². The van der Waals surface area contributed by atoms with E-state index in [1.54, 1.807) is 0 Å². The molecule has 2 rings (SSSR count). The summed E-state index contributed by atoms with van der Waals surface area (Å²) >= 11 is 2.80. The van der Waals surface area contributed by atoms with Gasteiger partial charge in [0.1, 0.15) is 0 Å². The molecule has 1 heterocycles. The fourth-order valence-electron chi connectivity index (χ4n) is 1.41. The number of alkyl halides is 3. The Kier molecular flexibility index (Phi) is 2.93. The van der Waals surface area contributed by atoms with E-state index >= 15 is 0 Å². The Balaban J connectivity index is 2.54. The summed E-state index contributed by atoms with van der Waals surface area (Å²) < 4.78 is 37.7. The minimum absolute atomic E-state index is 0.0919. The fraction of sp³-hybridized carbons (Fsp3) is 0.111. The summed E-state index contributed by atoms with van der Waals surface area (Å²) in [5, 5.41) is 10.4. The number of H-pyrrole nitrogens is 1. The van der Waals surface area contributed by atoms with Gasteiger partial charge >= 0.3 is 12.3 Å². The van der Waals surface area contributed by atoms with Crippen LogP contribution in [-0.2, 0) is 6.18 Å². The zero-order valence-corrected chi connectivity index (χ0v) is 10.1. The van der Waals surface area contributed by atoms with Gasteiger partial charge < -0.3 is 10.1 Å². The van der Waals surface area contributed by atoms with Crippen LogP contribution in [0.2, 0.25) is 0 Å². The molecule has 1 aromatic carbocycles. The van der Waals surface area contributed by atoms with Crippen LogP contribution in [0.3, 0.4) is 0 Å². The van der Waals surface area contributed by atoms with E-state index in [0.29, 0.717) is 0 Å². The third kappa shape index (κ3) is 2.40. The van der Waals surface area contributed by atoms with Gasteiger partial charge in [-0.15, -0.1) is 0 Å². The van der Waals surface area contributed by atoms with Crippen molar-refractivity contribution in [2.24, 2.45) is 0 Å². The van der Waals surface area contributed by atoms with Gasteiger partial charge in [0.2, 0.25) is 5.95 Å². The molecular formula is C9H5BrF3N3O2. The van der Waals surface area contributed by atoms with Crippen LogP contribution in [0.4, 0.5) is 23.9 Å². The van der Waals surface area contributed by atoms with Gasteiger partial charge in [-0.3, -0.25) is 5.32 Å². The molecule has 0 aliphatic carbocycles. The Labute approximate surface area is 106 Å². The van der Waals surface area contributed by atoms with E-state index in [2.05, 4.69) is 25.9 Å². The second kappa shape index (κ2) is 4.16. The standard InChI is InChI=1S/C9H5BrF3N3O2/c10-4-2-6-5(1-3(4)9(11,12)13)14-7(15-6)16-8(17)18/h1-2H,(H,17,18)(H2,14,15,16). The molecule has 0 aliphatic heterocycles. The van der Waals surface area contributed by atoms with Crippen molar-refractivity contribution in [1.82, 2.24) is 9.97 Å². The Morgan fingerprint density at radius 3 is 2.67 bits per heavy atom. The van der Waals surface area contributed by atoms with Gasteiger partial charge in [0, 0.05) is 4.47 Å². The summed E-state index contributed by atoms with van der Waals surface area (Å²) in [6.07, 6.45) is -5.86. The molecule has 0 saturated carbocycles. The van der Waals surface area contributed by atoms with Gasteiger partial charge in [0.15, 0.2) is 0 Å². The Morgan fingerprint density at radius 2 is 2.11 bits per heavy atom. The minimum atomic E-state index is -4.50. The lowest BCUT2D eigenvalue weighted by molar-refractivity contribution is -0.138. The maximum absolute atomic E-state index is 12.6. The number of imidazole rings is 1. The van der Waals surface area contributed by atoms with Crippen molar-refractivity contribution in [3.8, 4) is 0 Å².